The molecule has 6 heteroatoms. The number of fused-ring (bicyclic) bond motifs is 1. The van der Waals surface area contributed by atoms with E-state index in [9.17, 15) is 9.59 Å². The minimum atomic E-state index is -0.233. The van der Waals surface area contributed by atoms with Crippen LogP contribution in [-0.2, 0) is 11.2 Å². The second kappa shape index (κ2) is 9.38. The van der Waals surface area contributed by atoms with Gasteiger partial charge < -0.3 is 4.90 Å². The highest BCUT2D eigenvalue weighted by molar-refractivity contribution is 5.88. The molecule has 1 N–H and O–H groups in total. The highest BCUT2D eigenvalue weighted by Crippen LogP contribution is 2.29. The van der Waals surface area contributed by atoms with Crippen LogP contribution >= 0.6 is 0 Å². The SMILES string of the molecule is O=C(Cc1n[nH]c(=O)c2ccccc12)N1CCN(C(c2ccccc2)c2ccccc2)CC1. The predicted molar refractivity (Wildman–Crippen MR) is 129 cm³/mol. The first-order chi connectivity index (χ1) is 16.2. The topological polar surface area (TPSA) is 69.3 Å². The molecular weight excluding hydrogens is 412 g/mol. The van der Waals surface area contributed by atoms with Crippen LogP contribution in [0.2, 0.25) is 0 Å². The molecule has 0 bridgehead atoms. The molecule has 0 saturated carbocycles. The summed E-state index contributed by atoms with van der Waals surface area (Å²) in [5.74, 6) is 0.0373. The number of carbonyl (C=O) groups is 1. The van der Waals surface area contributed by atoms with Crippen LogP contribution in [0, 0.1) is 0 Å². The van der Waals surface area contributed by atoms with Gasteiger partial charge in [0, 0.05) is 31.6 Å². The Morgan fingerprint density at radius 2 is 1.33 bits per heavy atom. The molecule has 0 atom stereocenters. The lowest BCUT2D eigenvalue weighted by Gasteiger charge is -2.39. The lowest BCUT2D eigenvalue weighted by atomic mass is 9.96. The number of piperazine rings is 1. The summed E-state index contributed by atoms with van der Waals surface area (Å²) in [7, 11) is 0. The molecule has 0 radical (unpaired) electrons. The fraction of sp³-hybridized carbons (Fsp3) is 0.222. The van der Waals surface area contributed by atoms with Crippen molar-refractivity contribution in [2.75, 3.05) is 26.2 Å². The van der Waals surface area contributed by atoms with E-state index in [2.05, 4.69) is 63.6 Å². The van der Waals surface area contributed by atoms with Crippen LogP contribution in [0.25, 0.3) is 10.8 Å². The largest absolute Gasteiger partial charge is 0.340 e. The third-order valence-electron chi connectivity index (χ3n) is 6.36. The van der Waals surface area contributed by atoms with E-state index in [1.807, 2.05) is 35.2 Å². The molecule has 1 aromatic heterocycles. The highest BCUT2D eigenvalue weighted by Gasteiger charge is 2.28. The molecule has 166 valence electrons. The summed E-state index contributed by atoms with van der Waals surface area (Å²) in [6, 6.07) is 28.5. The van der Waals surface area contributed by atoms with E-state index in [4.69, 9.17) is 0 Å². The molecule has 3 aromatic carbocycles. The molecule has 5 rings (SSSR count). The standard InChI is InChI=1S/C27H26N4O2/c32-25(19-24-22-13-7-8-14-23(22)27(33)29-28-24)30-15-17-31(18-16-30)26(20-9-3-1-4-10-20)21-11-5-2-6-12-21/h1-14,26H,15-19H2,(H,29,33). The Bertz CT molecular complexity index is 1260. The first kappa shape index (κ1) is 21.1. The van der Waals surface area contributed by atoms with Crippen molar-refractivity contribution in [3.63, 3.8) is 0 Å². The van der Waals surface area contributed by atoms with Gasteiger partial charge in [-0.05, 0) is 17.2 Å². The van der Waals surface area contributed by atoms with Crippen LogP contribution in [0.3, 0.4) is 0 Å². The van der Waals surface area contributed by atoms with Gasteiger partial charge in [-0.2, -0.15) is 5.10 Å². The normalized spacial score (nSPS) is 14.6. The third kappa shape index (κ3) is 4.43. The predicted octanol–water partition coefficient (Wildman–Crippen LogP) is 3.40. The van der Waals surface area contributed by atoms with E-state index < -0.39 is 0 Å². The van der Waals surface area contributed by atoms with Gasteiger partial charge in [-0.1, -0.05) is 78.9 Å². The molecule has 1 amide bonds. The number of nitrogens with zero attached hydrogens (tertiary/aromatic N) is 3. The Hall–Kier alpha value is -3.77. The quantitative estimate of drug-likeness (QED) is 0.519. The molecule has 1 fully saturated rings. The number of aromatic nitrogens is 2. The van der Waals surface area contributed by atoms with Crippen molar-refractivity contribution in [2.24, 2.45) is 0 Å². The number of amides is 1. The Labute approximate surface area is 192 Å². The van der Waals surface area contributed by atoms with Crippen LogP contribution < -0.4 is 5.56 Å². The van der Waals surface area contributed by atoms with Crippen LogP contribution in [-0.4, -0.2) is 52.1 Å². The van der Waals surface area contributed by atoms with Gasteiger partial charge in [-0.25, -0.2) is 5.10 Å². The average Bonchev–Trinajstić information content (AvgIpc) is 2.88. The highest BCUT2D eigenvalue weighted by atomic mass is 16.2. The van der Waals surface area contributed by atoms with Gasteiger partial charge in [0.1, 0.15) is 0 Å². The van der Waals surface area contributed by atoms with Crippen molar-refractivity contribution < 1.29 is 4.79 Å². The van der Waals surface area contributed by atoms with E-state index in [1.54, 1.807) is 6.07 Å². The van der Waals surface area contributed by atoms with Gasteiger partial charge in [0.2, 0.25) is 5.91 Å². The van der Waals surface area contributed by atoms with Crippen LogP contribution in [0.1, 0.15) is 22.9 Å². The smallest absolute Gasteiger partial charge is 0.272 e. The lowest BCUT2D eigenvalue weighted by molar-refractivity contribution is -0.132. The van der Waals surface area contributed by atoms with Crippen LogP contribution in [0.15, 0.2) is 89.7 Å². The van der Waals surface area contributed by atoms with Crippen molar-refractivity contribution in [2.45, 2.75) is 12.5 Å². The summed E-state index contributed by atoms with van der Waals surface area (Å²) < 4.78 is 0. The van der Waals surface area contributed by atoms with E-state index in [0.717, 1.165) is 18.5 Å². The summed E-state index contributed by atoms with van der Waals surface area (Å²) in [5, 5.41) is 7.99. The first-order valence-electron chi connectivity index (χ1n) is 11.3. The van der Waals surface area contributed by atoms with Gasteiger partial charge >= 0.3 is 0 Å². The first-order valence-corrected chi connectivity index (χ1v) is 11.3. The molecule has 6 nitrogen and oxygen atoms in total. The van der Waals surface area contributed by atoms with Crippen molar-refractivity contribution >= 4 is 16.7 Å². The van der Waals surface area contributed by atoms with Gasteiger partial charge in [0.25, 0.3) is 5.56 Å². The average molecular weight is 439 g/mol. The van der Waals surface area contributed by atoms with Gasteiger partial charge in [0.05, 0.1) is 23.5 Å². The Morgan fingerprint density at radius 3 is 1.94 bits per heavy atom. The summed E-state index contributed by atoms with van der Waals surface area (Å²) in [4.78, 5) is 29.5. The van der Waals surface area contributed by atoms with Crippen molar-refractivity contribution in [3.05, 3.63) is 112 Å². The molecule has 0 unspecified atom stereocenters. The Balaban J connectivity index is 1.31. The molecule has 0 spiro atoms. The second-order valence-electron chi connectivity index (χ2n) is 8.36. The van der Waals surface area contributed by atoms with Crippen molar-refractivity contribution in [1.82, 2.24) is 20.0 Å². The van der Waals surface area contributed by atoms with E-state index in [0.29, 0.717) is 24.2 Å². The maximum Gasteiger partial charge on any atom is 0.272 e. The monoisotopic (exact) mass is 438 g/mol. The maximum absolute atomic E-state index is 13.1. The van der Waals surface area contributed by atoms with Crippen LogP contribution in [0.5, 0.6) is 0 Å². The number of benzene rings is 3. The lowest BCUT2D eigenvalue weighted by Crippen LogP contribution is -2.50. The number of rotatable bonds is 5. The second-order valence-corrected chi connectivity index (χ2v) is 8.36. The van der Waals surface area contributed by atoms with Crippen molar-refractivity contribution in [1.29, 1.82) is 0 Å². The number of carbonyl (C=O) groups excluding carboxylic acids is 1. The zero-order valence-corrected chi connectivity index (χ0v) is 18.4. The van der Waals surface area contributed by atoms with Crippen LogP contribution in [0.4, 0.5) is 0 Å². The van der Waals surface area contributed by atoms with Gasteiger partial charge in [0.15, 0.2) is 0 Å². The van der Waals surface area contributed by atoms with Crippen molar-refractivity contribution in [3.8, 4) is 0 Å². The third-order valence-corrected chi connectivity index (χ3v) is 6.36. The number of aromatic amines is 1. The maximum atomic E-state index is 13.1. The fourth-order valence-corrected chi connectivity index (χ4v) is 4.68. The van der Waals surface area contributed by atoms with E-state index in [-0.39, 0.29) is 23.9 Å². The zero-order chi connectivity index (χ0) is 22.6. The number of hydrogen-bond donors (Lipinski definition) is 1. The summed E-state index contributed by atoms with van der Waals surface area (Å²) in [6.45, 7) is 2.91. The Kier molecular flexibility index (Phi) is 6.00. The van der Waals surface area contributed by atoms with E-state index >= 15 is 0 Å². The minimum Gasteiger partial charge on any atom is -0.340 e. The molecule has 2 heterocycles. The summed E-state index contributed by atoms with van der Waals surface area (Å²) in [6.07, 6.45) is 0.179. The number of H-pyrrole nitrogens is 1. The molecule has 0 aliphatic carbocycles. The van der Waals surface area contributed by atoms with Gasteiger partial charge in [-0.3, -0.25) is 14.5 Å². The summed E-state index contributed by atoms with van der Waals surface area (Å²) >= 11 is 0. The molecule has 4 aromatic rings. The number of hydrogen-bond acceptors (Lipinski definition) is 4. The van der Waals surface area contributed by atoms with Gasteiger partial charge in [-0.15, -0.1) is 0 Å². The molecule has 1 aliphatic heterocycles. The zero-order valence-electron chi connectivity index (χ0n) is 18.4. The molecular formula is C27H26N4O2. The van der Waals surface area contributed by atoms with E-state index in [1.165, 1.54) is 11.1 Å². The summed E-state index contributed by atoms with van der Waals surface area (Å²) in [5.41, 5.74) is 2.90. The fourth-order valence-electron chi connectivity index (χ4n) is 4.68. The molecule has 1 aliphatic rings. The Morgan fingerprint density at radius 1 is 0.788 bits per heavy atom. The molecule has 1 saturated heterocycles. The number of nitrogens with one attached hydrogen (secondary N) is 1. The molecule has 33 heavy (non-hydrogen) atoms. The minimum absolute atomic E-state index is 0.0373.